The number of hydrogen-bond acceptors (Lipinski definition) is 4. The zero-order valence-corrected chi connectivity index (χ0v) is 9.61. The average molecular weight is 227 g/mol. The van der Waals surface area contributed by atoms with E-state index < -0.39 is 0 Å². The lowest BCUT2D eigenvalue weighted by Gasteiger charge is -2.21. The Morgan fingerprint density at radius 3 is 2.73 bits per heavy atom. The Kier molecular flexibility index (Phi) is 3.38. The lowest BCUT2D eigenvalue weighted by molar-refractivity contribution is 0.360. The fourth-order valence-electron chi connectivity index (χ4n) is 1.78. The summed E-state index contributed by atoms with van der Waals surface area (Å²) in [6.45, 7) is 4.15. The van der Waals surface area contributed by atoms with E-state index in [1.54, 1.807) is 12.4 Å². The number of rotatable bonds is 1. The van der Waals surface area contributed by atoms with Crippen LogP contribution in [-0.2, 0) is 0 Å². The van der Waals surface area contributed by atoms with E-state index in [4.69, 9.17) is 11.6 Å². The van der Waals surface area contributed by atoms with Gasteiger partial charge in [0.1, 0.15) is 0 Å². The first-order valence-electron chi connectivity index (χ1n) is 5.17. The van der Waals surface area contributed by atoms with Gasteiger partial charge in [0.25, 0.3) is 0 Å². The van der Waals surface area contributed by atoms with Crippen molar-refractivity contribution in [2.45, 2.75) is 6.42 Å². The molecule has 4 nitrogen and oxygen atoms in total. The Bertz CT molecular complexity index is 331. The maximum Gasteiger partial charge on any atom is 0.171 e. The third-order valence-corrected chi connectivity index (χ3v) is 2.92. The lowest BCUT2D eigenvalue weighted by atomic mass is 10.4. The molecule has 0 spiro atoms. The highest BCUT2D eigenvalue weighted by molar-refractivity contribution is 6.31. The molecule has 0 N–H and O–H groups in total. The fourth-order valence-corrected chi connectivity index (χ4v) is 2.01. The van der Waals surface area contributed by atoms with Gasteiger partial charge in [0.15, 0.2) is 11.0 Å². The van der Waals surface area contributed by atoms with Gasteiger partial charge < -0.3 is 9.80 Å². The number of nitrogens with zero attached hydrogens (tertiary/aromatic N) is 4. The molecule has 0 atom stereocenters. The van der Waals surface area contributed by atoms with E-state index in [2.05, 4.69) is 26.8 Å². The third kappa shape index (κ3) is 2.58. The quantitative estimate of drug-likeness (QED) is 0.722. The summed E-state index contributed by atoms with van der Waals surface area (Å²) in [6.07, 6.45) is 4.45. The summed E-state index contributed by atoms with van der Waals surface area (Å²) in [6, 6.07) is 0. The SMILES string of the molecule is CN1CCCN(c2nccnc2Cl)CC1. The maximum absolute atomic E-state index is 6.02. The first-order valence-corrected chi connectivity index (χ1v) is 5.55. The minimum absolute atomic E-state index is 0.502. The molecule has 1 fully saturated rings. The Morgan fingerprint density at radius 1 is 1.13 bits per heavy atom. The van der Waals surface area contributed by atoms with E-state index in [-0.39, 0.29) is 0 Å². The Balaban J connectivity index is 2.13. The molecule has 0 bridgehead atoms. The van der Waals surface area contributed by atoms with Crippen molar-refractivity contribution in [3.05, 3.63) is 17.5 Å². The molecule has 0 unspecified atom stereocenters. The Labute approximate surface area is 94.9 Å². The molecule has 1 aromatic rings. The van der Waals surface area contributed by atoms with Gasteiger partial charge >= 0.3 is 0 Å². The zero-order chi connectivity index (χ0) is 10.7. The van der Waals surface area contributed by atoms with Crippen molar-refractivity contribution >= 4 is 17.4 Å². The van der Waals surface area contributed by atoms with E-state index in [9.17, 15) is 0 Å². The maximum atomic E-state index is 6.02. The summed E-state index contributed by atoms with van der Waals surface area (Å²) in [7, 11) is 2.14. The van der Waals surface area contributed by atoms with Gasteiger partial charge in [-0.1, -0.05) is 11.6 Å². The molecule has 0 aliphatic carbocycles. The monoisotopic (exact) mass is 226 g/mol. The van der Waals surface area contributed by atoms with Crippen LogP contribution in [0.3, 0.4) is 0 Å². The van der Waals surface area contributed by atoms with Gasteiger partial charge in [0, 0.05) is 32.0 Å². The van der Waals surface area contributed by atoms with Crippen molar-refractivity contribution in [1.29, 1.82) is 0 Å². The normalized spacial score (nSPS) is 18.9. The molecule has 0 radical (unpaired) electrons. The second-order valence-electron chi connectivity index (χ2n) is 3.81. The number of halogens is 1. The van der Waals surface area contributed by atoms with Gasteiger partial charge in [-0.2, -0.15) is 0 Å². The minimum Gasteiger partial charge on any atom is -0.353 e. The number of anilines is 1. The van der Waals surface area contributed by atoms with Crippen LogP contribution < -0.4 is 4.90 Å². The van der Waals surface area contributed by atoms with Gasteiger partial charge in [-0.05, 0) is 20.0 Å². The summed E-state index contributed by atoms with van der Waals surface area (Å²) in [5, 5.41) is 0.502. The van der Waals surface area contributed by atoms with Crippen molar-refractivity contribution in [2.24, 2.45) is 0 Å². The van der Waals surface area contributed by atoms with Gasteiger partial charge in [-0.25, -0.2) is 9.97 Å². The number of likely N-dealkylation sites (N-methyl/N-ethyl adjacent to an activating group) is 1. The van der Waals surface area contributed by atoms with E-state index in [0.717, 1.165) is 38.4 Å². The van der Waals surface area contributed by atoms with Crippen LogP contribution in [0, 0.1) is 0 Å². The van der Waals surface area contributed by atoms with Crippen LogP contribution in [0.15, 0.2) is 12.4 Å². The summed E-state index contributed by atoms with van der Waals surface area (Å²) in [5.41, 5.74) is 0. The fraction of sp³-hybridized carbons (Fsp3) is 0.600. The highest BCUT2D eigenvalue weighted by Crippen LogP contribution is 2.20. The van der Waals surface area contributed by atoms with Crippen LogP contribution in [0.5, 0.6) is 0 Å². The molecule has 2 rings (SSSR count). The molecule has 15 heavy (non-hydrogen) atoms. The van der Waals surface area contributed by atoms with Gasteiger partial charge in [-0.15, -0.1) is 0 Å². The van der Waals surface area contributed by atoms with Crippen LogP contribution >= 0.6 is 11.6 Å². The van der Waals surface area contributed by atoms with Crippen LogP contribution in [0.25, 0.3) is 0 Å². The van der Waals surface area contributed by atoms with Gasteiger partial charge in [0.2, 0.25) is 0 Å². The molecule has 5 heteroatoms. The van der Waals surface area contributed by atoms with Gasteiger partial charge in [-0.3, -0.25) is 0 Å². The molecule has 1 saturated heterocycles. The largest absolute Gasteiger partial charge is 0.353 e. The van der Waals surface area contributed by atoms with E-state index in [1.807, 2.05) is 0 Å². The first kappa shape index (κ1) is 10.6. The van der Waals surface area contributed by atoms with Crippen LogP contribution in [0.1, 0.15) is 6.42 Å². The predicted octanol–water partition coefficient (Wildman–Crippen LogP) is 1.27. The predicted molar refractivity (Wildman–Crippen MR) is 61.4 cm³/mol. The summed E-state index contributed by atoms with van der Waals surface area (Å²) in [4.78, 5) is 12.9. The molecule has 0 aromatic carbocycles. The topological polar surface area (TPSA) is 32.3 Å². The smallest absolute Gasteiger partial charge is 0.171 e. The molecule has 2 heterocycles. The molecule has 1 aliphatic rings. The van der Waals surface area contributed by atoms with Crippen molar-refractivity contribution < 1.29 is 0 Å². The van der Waals surface area contributed by atoms with Crippen LogP contribution in [-0.4, -0.2) is 48.1 Å². The van der Waals surface area contributed by atoms with Gasteiger partial charge in [0.05, 0.1) is 0 Å². The summed E-state index contributed by atoms with van der Waals surface area (Å²) in [5.74, 6) is 0.814. The molecule has 0 amide bonds. The van der Waals surface area contributed by atoms with Crippen molar-refractivity contribution in [3.63, 3.8) is 0 Å². The molecular formula is C10H15ClN4. The molecule has 0 saturated carbocycles. The summed E-state index contributed by atoms with van der Waals surface area (Å²) >= 11 is 6.02. The number of aromatic nitrogens is 2. The highest BCUT2D eigenvalue weighted by Gasteiger charge is 2.16. The van der Waals surface area contributed by atoms with Crippen molar-refractivity contribution in [3.8, 4) is 0 Å². The van der Waals surface area contributed by atoms with Crippen molar-refractivity contribution in [1.82, 2.24) is 14.9 Å². The summed E-state index contributed by atoms with van der Waals surface area (Å²) < 4.78 is 0. The van der Waals surface area contributed by atoms with E-state index in [1.165, 1.54) is 0 Å². The second kappa shape index (κ2) is 4.77. The molecule has 82 valence electrons. The van der Waals surface area contributed by atoms with Crippen molar-refractivity contribution in [2.75, 3.05) is 38.1 Å². The third-order valence-electron chi connectivity index (χ3n) is 2.65. The molecule has 1 aliphatic heterocycles. The van der Waals surface area contributed by atoms with Crippen LogP contribution in [0.4, 0.5) is 5.82 Å². The second-order valence-corrected chi connectivity index (χ2v) is 4.17. The highest BCUT2D eigenvalue weighted by atomic mass is 35.5. The van der Waals surface area contributed by atoms with E-state index in [0.29, 0.717) is 5.15 Å². The standard InChI is InChI=1S/C10H15ClN4/c1-14-5-2-6-15(8-7-14)10-9(11)12-3-4-13-10/h3-4H,2,5-8H2,1H3. The Hall–Kier alpha value is -0.870. The minimum atomic E-state index is 0.502. The molecular weight excluding hydrogens is 212 g/mol. The lowest BCUT2D eigenvalue weighted by Crippen LogP contribution is -2.29. The number of hydrogen-bond donors (Lipinski definition) is 0. The van der Waals surface area contributed by atoms with Crippen LogP contribution in [0.2, 0.25) is 5.15 Å². The van der Waals surface area contributed by atoms with E-state index >= 15 is 0 Å². The molecule has 1 aromatic heterocycles. The average Bonchev–Trinajstić information content (AvgIpc) is 2.44. The Morgan fingerprint density at radius 2 is 1.93 bits per heavy atom. The zero-order valence-electron chi connectivity index (χ0n) is 8.86. The first-order chi connectivity index (χ1) is 7.27.